The first-order chi connectivity index (χ1) is 9.15. The number of rotatable bonds is 5. The van der Waals surface area contributed by atoms with Crippen LogP contribution in [0.15, 0.2) is 24.3 Å². The molecule has 1 rings (SSSR count). The van der Waals surface area contributed by atoms with Crippen molar-refractivity contribution in [2.45, 2.75) is 39.0 Å². The Balaban J connectivity index is 3.14. The molecule has 1 unspecified atom stereocenters. The van der Waals surface area contributed by atoms with E-state index in [2.05, 4.69) is 18.8 Å². The summed E-state index contributed by atoms with van der Waals surface area (Å²) in [6.07, 6.45) is 1.49. The van der Waals surface area contributed by atoms with Crippen LogP contribution in [-0.4, -0.2) is 17.8 Å². The van der Waals surface area contributed by atoms with Gasteiger partial charge in [-0.2, -0.15) is 0 Å². The number of alkyl halides is 1. The molecule has 1 aromatic rings. The first-order valence-electron chi connectivity index (χ1n) is 6.58. The molecule has 0 bridgehead atoms. The molecule has 0 fully saturated rings. The summed E-state index contributed by atoms with van der Waals surface area (Å²) >= 11 is 6.10. The smallest absolute Gasteiger partial charge is 0.245 e. The summed E-state index contributed by atoms with van der Waals surface area (Å²) in [5.41, 5.74) is 2.05. The molecule has 0 heterocycles. The third-order valence-electron chi connectivity index (χ3n) is 2.97. The number of halogens is 1. The van der Waals surface area contributed by atoms with E-state index >= 15 is 0 Å². The molecule has 3 heteroatoms. The summed E-state index contributed by atoms with van der Waals surface area (Å²) < 4.78 is 0. The molecule has 102 valence electrons. The molecule has 0 aliphatic carbocycles. The molecule has 19 heavy (non-hydrogen) atoms. The quantitative estimate of drug-likeness (QED) is 0.595. The third kappa shape index (κ3) is 4.01. The van der Waals surface area contributed by atoms with Crippen molar-refractivity contribution in [1.82, 2.24) is 0 Å². The minimum atomic E-state index is -0.497. The Morgan fingerprint density at radius 2 is 2.05 bits per heavy atom. The number of carbonyl (C=O) groups excluding carboxylic acids is 1. The Kier molecular flexibility index (Phi) is 6.45. The largest absolute Gasteiger partial charge is 0.299 e. The van der Waals surface area contributed by atoms with Crippen LogP contribution in [0, 0.1) is 11.8 Å². The van der Waals surface area contributed by atoms with Crippen LogP contribution in [0.3, 0.4) is 0 Å². The van der Waals surface area contributed by atoms with Gasteiger partial charge in [-0.15, -0.1) is 17.5 Å². The average molecular weight is 278 g/mol. The van der Waals surface area contributed by atoms with E-state index in [9.17, 15) is 4.79 Å². The van der Waals surface area contributed by atoms with Crippen LogP contribution in [0.5, 0.6) is 0 Å². The fraction of sp³-hybridized carbons (Fsp3) is 0.438. The Morgan fingerprint density at radius 1 is 1.37 bits per heavy atom. The van der Waals surface area contributed by atoms with Crippen molar-refractivity contribution < 1.29 is 4.79 Å². The predicted octanol–water partition coefficient (Wildman–Crippen LogP) is 3.62. The highest BCUT2D eigenvalue weighted by atomic mass is 35.5. The van der Waals surface area contributed by atoms with Crippen LogP contribution in [0.2, 0.25) is 0 Å². The molecule has 2 nitrogen and oxygen atoms in total. The van der Waals surface area contributed by atoms with Gasteiger partial charge >= 0.3 is 0 Å². The Labute approximate surface area is 120 Å². The minimum absolute atomic E-state index is 0.0761. The standard InChI is InChI=1S/C16H20ClNO/c1-4-7-12-18(16(19)14(17)6-3)15-11-9-8-10-13(15)5-2/h8-11,14H,5-6,12H2,1-3H3. The van der Waals surface area contributed by atoms with Crippen LogP contribution < -0.4 is 4.90 Å². The molecule has 0 aliphatic heterocycles. The highest BCUT2D eigenvalue weighted by molar-refractivity contribution is 6.32. The van der Waals surface area contributed by atoms with Gasteiger partial charge in [0.25, 0.3) is 0 Å². The summed E-state index contributed by atoms with van der Waals surface area (Å²) in [4.78, 5) is 14.1. The summed E-state index contributed by atoms with van der Waals surface area (Å²) in [6.45, 7) is 6.14. The number of carbonyl (C=O) groups is 1. The van der Waals surface area contributed by atoms with Gasteiger partial charge in [0.05, 0.1) is 6.54 Å². The van der Waals surface area contributed by atoms with Crippen LogP contribution in [0.1, 0.15) is 32.8 Å². The van der Waals surface area contributed by atoms with E-state index in [-0.39, 0.29) is 5.91 Å². The predicted molar refractivity (Wildman–Crippen MR) is 81.6 cm³/mol. The number of para-hydroxylation sites is 1. The second-order valence-corrected chi connectivity index (χ2v) is 4.74. The number of amides is 1. The zero-order valence-corrected chi connectivity index (χ0v) is 12.5. The van der Waals surface area contributed by atoms with E-state index in [4.69, 9.17) is 11.6 Å². The number of hydrogen-bond donors (Lipinski definition) is 0. The molecule has 0 radical (unpaired) electrons. The van der Waals surface area contributed by atoms with E-state index in [0.717, 1.165) is 17.7 Å². The van der Waals surface area contributed by atoms with Gasteiger partial charge in [-0.1, -0.05) is 38.0 Å². The molecule has 1 atom stereocenters. The normalized spacial score (nSPS) is 11.4. The number of anilines is 1. The molecule has 0 spiro atoms. The first-order valence-corrected chi connectivity index (χ1v) is 7.02. The van der Waals surface area contributed by atoms with Gasteiger partial charge in [-0.25, -0.2) is 0 Å². The number of nitrogens with zero attached hydrogens (tertiary/aromatic N) is 1. The minimum Gasteiger partial charge on any atom is -0.299 e. The van der Waals surface area contributed by atoms with E-state index in [1.165, 1.54) is 0 Å². The topological polar surface area (TPSA) is 20.3 Å². The van der Waals surface area contributed by atoms with E-state index in [1.807, 2.05) is 31.2 Å². The van der Waals surface area contributed by atoms with Crippen LogP contribution in [0.25, 0.3) is 0 Å². The van der Waals surface area contributed by atoms with E-state index in [1.54, 1.807) is 11.8 Å². The van der Waals surface area contributed by atoms with Crippen LogP contribution in [-0.2, 0) is 11.2 Å². The molecule has 0 saturated heterocycles. The van der Waals surface area contributed by atoms with E-state index < -0.39 is 5.38 Å². The van der Waals surface area contributed by atoms with Crippen molar-refractivity contribution in [2.75, 3.05) is 11.4 Å². The molecule has 0 N–H and O–H groups in total. The lowest BCUT2D eigenvalue weighted by Crippen LogP contribution is -2.37. The van der Waals surface area contributed by atoms with Crippen molar-refractivity contribution in [2.24, 2.45) is 0 Å². The number of aryl methyl sites for hydroxylation is 1. The maximum atomic E-state index is 12.4. The zero-order valence-electron chi connectivity index (χ0n) is 11.7. The Morgan fingerprint density at radius 3 is 2.63 bits per heavy atom. The van der Waals surface area contributed by atoms with E-state index in [0.29, 0.717) is 13.0 Å². The maximum absolute atomic E-state index is 12.4. The number of benzene rings is 1. The average Bonchev–Trinajstić information content (AvgIpc) is 2.46. The SMILES string of the molecule is CC#CCN(C(=O)C(Cl)CC)c1ccccc1CC. The second kappa shape index (κ2) is 7.86. The van der Waals surface area contributed by atoms with Crippen molar-refractivity contribution >= 4 is 23.2 Å². The van der Waals surface area contributed by atoms with Crippen molar-refractivity contribution in [3.8, 4) is 11.8 Å². The molecule has 0 saturated carbocycles. The molecule has 1 aromatic carbocycles. The van der Waals surface area contributed by atoms with Crippen molar-refractivity contribution in [3.63, 3.8) is 0 Å². The molecular formula is C16H20ClNO. The van der Waals surface area contributed by atoms with Crippen LogP contribution in [0.4, 0.5) is 5.69 Å². The van der Waals surface area contributed by atoms with Gasteiger partial charge in [-0.05, 0) is 31.4 Å². The lowest BCUT2D eigenvalue weighted by molar-refractivity contribution is -0.118. The van der Waals surface area contributed by atoms with Crippen LogP contribution >= 0.6 is 11.6 Å². The van der Waals surface area contributed by atoms with Gasteiger partial charge in [0, 0.05) is 5.69 Å². The summed E-state index contributed by atoms with van der Waals surface area (Å²) in [5.74, 6) is 5.71. The van der Waals surface area contributed by atoms with Gasteiger partial charge in [-0.3, -0.25) is 9.69 Å². The second-order valence-electron chi connectivity index (χ2n) is 4.21. The highest BCUT2D eigenvalue weighted by Gasteiger charge is 2.22. The molecular weight excluding hydrogens is 258 g/mol. The number of hydrogen-bond acceptors (Lipinski definition) is 1. The fourth-order valence-corrected chi connectivity index (χ4v) is 1.97. The highest BCUT2D eigenvalue weighted by Crippen LogP contribution is 2.23. The third-order valence-corrected chi connectivity index (χ3v) is 3.46. The van der Waals surface area contributed by atoms with Gasteiger partial charge in [0.1, 0.15) is 5.38 Å². The zero-order chi connectivity index (χ0) is 14.3. The fourth-order valence-electron chi connectivity index (χ4n) is 1.86. The molecule has 0 aliphatic rings. The first kappa shape index (κ1) is 15.6. The lowest BCUT2D eigenvalue weighted by Gasteiger charge is -2.24. The Hall–Kier alpha value is -1.46. The summed E-state index contributed by atoms with van der Waals surface area (Å²) in [7, 11) is 0. The summed E-state index contributed by atoms with van der Waals surface area (Å²) in [5, 5.41) is -0.497. The van der Waals surface area contributed by atoms with Gasteiger partial charge in [0.2, 0.25) is 5.91 Å². The van der Waals surface area contributed by atoms with Gasteiger partial charge in [0.15, 0.2) is 0 Å². The molecule has 1 amide bonds. The van der Waals surface area contributed by atoms with Crippen molar-refractivity contribution in [3.05, 3.63) is 29.8 Å². The molecule has 0 aromatic heterocycles. The lowest BCUT2D eigenvalue weighted by atomic mass is 10.1. The van der Waals surface area contributed by atoms with Crippen molar-refractivity contribution in [1.29, 1.82) is 0 Å². The Bertz CT molecular complexity index is 487. The summed E-state index contributed by atoms with van der Waals surface area (Å²) in [6, 6.07) is 7.90. The maximum Gasteiger partial charge on any atom is 0.245 e. The van der Waals surface area contributed by atoms with Gasteiger partial charge < -0.3 is 0 Å². The monoisotopic (exact) mass is 277 g/mol.